The fraction of sp³-hybridized carbons (Fsp3) is 0.364. The van der Waals surface area contributed by atoms with Crippen molar-refractivity contribution in [1.82, 2.24) is 25.1 Å². The number of hydrogen-bond donors (Lipinski definition) is 1. The Morgan fingerprint density at radius 2 is 1.87 bits per heavy atom. The third-order valence-electron chi connectivity index (χ3n) is 5.45. The number of thioether (sulfide) groups is 1. The predicted octanol–water partition coefficient (Wildman–Crippen LogP) is 4.77. The Morgan fingerprint density at radius 3 is 2.60 bits per heavy atom. The van der Waals surface area contributed by atoms with E-state index < -0.39 is 0 Å². The van der Waals surface area contributed by atoms with E-state index in [4.69, 9.17) is 11.6 Å². The van der Waals surface area contributed by atoms with Crippen molar-refractivity contribution in [2.24, 2.45) is 5.92 Å². The van der Waals surface area contributed by atoms with Crippen LogP contribution in [0.2, 0.25) is 5.02 Å². The van der Waals surface area contributed by atoms with E-state index in [1.807, 2.05) is 41.0 Å². The summed E-state index contributed by atoms with van der Waals surface area (Å²) >= 11 is 7.46. The highest BCUT2D eigenvalue weighted by molar-refractivity contribution is 7.99. The summed E-state index contributed by atoms with van der Waals surface area (Å²) in [5.41, 5.74) is 1.79. The minimum absolute atomic E-state index is 0.0369. The fourth-order valence-corrected chi connectivity index (χ4v) is 4.67. The number of pyridine rings is 1. The maximum absolute atomic E-state index is 12.6. The first-order valence-electron chi connectivity index (χ1n) is 10.2. The molecule has 156 valence electrons. The van der Waals surface area contributed by atoms with Gasteiger partial charge in [-0.2, -0.15) is 0 Å². The number of benzene rings is 1. The van der Waals surface area contributed by atoms with Crippen LogP contribution in [-0.4, -0.2) is 37.5 Å². The second-order valence-corrected chi connectivity index (χ2v) is 8.96. The van der Waals surface area contributed by atoms with Crippen LogP contribution >= 0.6 is 23.4 Å². The zero-order valence-corrected chi connectivity index (χ0v) is 18.4. The average Bonchev–Trinajstić information content (AvgIpc) is 3.19. The van der Waals surface area contributed by atoms with Crippen LogP contribution in [0.4, 0.5) is 0 Å². The first-order chi connectivity index (χ1) is 14.6. The van der Waals surface area contributed by atoms with Gasteiger partial charge >= 0.3 is 0 Å². The van der Waals surface area contributed by atoms with E-state index in [1.54, 1.807) is 12.4 Å². The smallest absolute Gasteiger partial charge is 0.230 e. The molecule has 2 aromatic heterocycles. The molecule has 2 atom stereocenters. The third kappa shape index (κ3) is 4.84. The molecule has 3 aromatic rings. The van der Waals surface area contributed by atoms with Crippen molar-refractivity contribution in [3.63, 3.8) is 0 Å². The SMILES string of the molecule is CC1CCCCC1NC(=O)CSc1nnc(-c2ccncc2)n1-c1ccc(Cl)cc1. The quantitative estimate of drug-likeness (QED) is 0.558. The number of aromatic nitrogens is 4. The number of rotatable bonds is 6. The van der Waals surface area contributed by atoms with Crippen molar-refractivity contribution in [1.29, 1.82) is 0 Å². The van der Waals surface area contributed by atoms with E-state index in [9.17, 15) is 4.79 Å². The van der Waals surface area contributed by atoms with Crippen LogP contribution in [0.1, 0.15) is 32.6 Å². The monoisotopic (exact) mass is 441 g/mol. The fourth-order valence-electron chi connectivity index (χ4n) is 3.78. The number of hydrogen-bond acceptors (Lipinski definition) is 5. The van der Waals surface area contributed by atoms with Crippen molar-refractivity contribution in [3.05, 3.63) is 53.8 Å². The molecular formula is C22H24ClN5OS. The maximum Gasteiger partial charge on any atom is 0.230 e. The Morgan fingerprint density at radius 1 is 1.13 bits per heavy atom. The molecule has 1 saturated carbocycles. The second-order valence-electron chi connectivity index (χ2n) is 7.58. The molecule has 1 N–H and O–H groups in total. The molecule has 1 aliphatic rings. The molecule has 30 heavy (non-hydrogen) atoms. The Labute approximate surface area is 185 Å². The molecule has 1 aromatic carbocycles. The van der Waals surface area contributed by atoms with E-state index in [0.717, 1.165) is 17.7 Å². The van der Waals surface area contributed by atoms with Crippen molar-refractivity contribution < 1.29 is 4.79 Å². The Bertz CT molecular complexity index is 993. The van der Waals surface area contributed by atoms with Gasteiger partial charge in [-0.25, -0.2) is 0 Å². The number of nitrogens with one attached hydrogen (secondary N) is 1. The summed E-state index contributed by atoms with van der Waals surface area (Å²) in [5, 5.41) is 13.3. The summed E-state index contributed by atoms with van der Waals surface area (Å²) in [6.45, 7) is 2.22. The van der Waals surface area contributed by atoms with Crippen LogP contribution in [-0.2, 0) is 4.79 Å². The van der Waals surface area contributed by atoms with Crippen LogP contribution in [0.3, 0.4) is 0 Å². The van der Waals surface area contributed by atoms with Crippen molar-refractivity contribution in [2.45, 2.75) is 43.8 Å². The van der Waals surface area contributed by atoms with Gasteiger partial charge in [-0.1, -0.05) is 43.1 Å². The minimum atomic E-state index is 0.0369. The Hall–Kier alpha value is -2.38. The summed E-state index contributed by atoms with van der Waals surface area (Å²) in [7, 11) is 0. The molecule has 2 heterocycles. The number of carbonyl (C=O) groups is 1. The first-order valence-corrected chi connectivity index (χ1v) is 11.5. The first kappa shape index (κ1) is 20.9. The lowest BCUT2D eigenvalue weighted by molar-refractivity contribution is -0.119. The molecule has 1 aliphatic carbocycles. The van der Waals surface area contributed by atoms with Gasteiger partial charge < -0.3 is 5.32 Å². The molecule has 0 aliphatic heterocycles. The highest BCUT2D eigenvalue weighted by Crippen LogP contribution is 2.29. The van der Waals surface area contributed by atoms with Crippen LogP contribution < -0.4 is 5.32 Å². The van der Waals surface area contributed by atoms with E-state index in [0.29, 0.717) is 27.7 Å². The van der Waals surface area contributed by atoms with E-state index in [-0.39, 0.29) is 11.9 Å². The zero-order valence-electron chi connectivity index (χ0n) is 16.8. The van der Waals surface area contributed by atoms with Crippen molar-refractivity contribution in [2.75, 3.05) is 5.75 Å². The molecular weight excluding hydrogens is 418 g/mol. The molecule has 0 saturated heterocycles. The zero-order chi connectivity index (χ0) is 20.9. The Kier molecular flexibility index (Phi) is 6.69. The third-order valence-corrected chi connectivity index (χ3v) is 6.63. The molecule has 6 nitrogen and oxygen atoms in total. The van der Waals surface area contributed by atoms with Gasteiger partial charge in [-0.05, 0) is 55.2 Å². The molecule has 8 heteroatoms. The lowest BCUT2D eigenvalue weighted by Gasteiger charge is -2.29. The summed E-state index contributed by atoms with van der Waals surface area (Å²) in [6.07, 6.45) is 8.12. The molecule has 2 unspecified atom stereocenters. The van der Waals surface area contributed by atoms with Gasteiger partial charge in [0.15, 0.2) is 11.0 Å². The summed E-state index contributed by atoms with van der Waals surface area (Å²) in [6, 6.07) is 11.6. The van der Waals surface area contributed by atoms with E-state index in [1.165, 1.54) is 31.0 Å². The molecule has 4 rings (SSSR count). The normalized spacial score (nSPS) is 18.9. The van der Waals surface area contributed by atoms with Gasteiger partial charge in [0, 0.05) is 34.7 Å². The van der Waals surface area contributed by atoms with E-state index >= 15 is 0 Å². The largest absolute Gasteiger partial charge is 0.352 e. The highest BCUT2D eigenvalue weighted by Gasteiger charge is 2.23. The molecule has 0 spiro atoms. The lowest BCUT2D eigenvalue weighted by Crippen LogP contribution is -2.41. The minimum Gasteiger partial charge on any atom is -0.352 e. The van der Waals surface area contributed by atoms with Gasteiger partial charge in [0.1, 0.15) is 0 Å². The number of halogens is 1. The topological polar surface area (TPSA) is 72.7 Å². The standard InChI is InChI=1S/C22H24ClN5OS/c1-15-4-2-3-5-19(15)25-20(29)14-30-22-27-26-21(16-10-12-24-13-11-16)28(22)18-8-6-17(23)7-9-18/h6-13,15,19H,2-5,14H2,1H3,(H,25,29). The van der Waals surface area contributed by atoms with Crippen LogP contribution in [0.25, 0.3) is 17.1 Å². The molecule has 1 amide bonds. The molecule has 0 bridgehead atoms. The van der Waals surface area contributed by atoms with Crippen molar-refractivity contribution >= 4 is 29.3 Å². The highest BCUT2D eigenvalue weighted by atomic mass is 35.5. The maximum atomic E-state index is 12.6. The van der Waals surface area contributed by atoms with Gasteiger partial charge in [0.05, 0.1) is 5.75 Å². The summed E-state index contributed by atoms with van der Waals surface area (Å²) in [5.74, 6) is 1.56. The van der Waals surface area contributed by atoms with Crippen LogP contribution in [0, 0.1) is 5.92 Å². The van der Waals surface area contributed by atoms with Gasteiger partial charge in [-0.3, -0.25) is 14.3 Å². The average molecular weight is 442 g/mol. The van der Waals surface area contributed by atoms with E-state index in [2.05, 4.69) is 27.4 Å². The lowest BCUT2D eigenvalue weighted by atomic mass is 9.86. The van der Waals surface area contributed by atoms with Crippen molar-refractivity contribution in [3.8, 4) is 17.1 Å². The summed E-state index contributed by atoms with van der Waals surface area (Å²) < 4.78 is 1.95. The summed E-state index contributed by atoms with van der Waals surface area (Å²) in [4.78, 5) is 16.7. The Balaban J connectivity index is 1.55. The van der Waals surface area contributed by atoms with Gasteiger partial charge in [0.2, 0.25) is 5.91 Å². The second kappa shape index (κ2) is 9.62. The van der Waals surface area contributed by atoms with Gasteiger partial charge in [0.25, 0.3) is 0 Å². The number of carbonyl (C=O) groups excluding carboxylic acids is 1. The van der Waals surface area contributed by atoms with Crippen LogP contribution in [0.5, 0.6) is 0 Å². The van der Waals surface area contributed by atoms with Crippen LogP contribution in [0.15, 0.2) is 53.9 Å². The number of amides is 1. The van der Waals surface area contributed by atoms with Gasteiger partial charge in [-0.15, -0.1) is 10.2 Å². The number of nitrogens with zero attached hydrogens (tertiary/aromatic N) is 4. The molecule has 1 fully saturated rings. The molecule has 0 radical (unpaired) electrons. The predicted molar refractivity (Wildman–Crippen MR) is 120 cm³/mol.